The van der Waals surface area contributed by atoms with E-state index in [1.54, 1.807) is 0 Å². The van der Waals surface area contributed by atoms with Gasteiger partial charge in [-0.1, -0.05) is 55.1 Å². The van der Waals surface area contributed by atoms with Crippen molar-refractivity contribution in [1.29, 1.82) is 0 Å². The fourth-order valence-corrected chi connectivity index (χ4v) is 1.85. The van der Waals surface area contributed by atoms with E-state index in [2.05, 4.69) is 54.0 Å². The molecule has 90 valence electrons. The Labute approximate surface area is 108 Å². The van der Waals surface area contributed by atoms with Gasteiger partial charge in [-0.3, -0.25) is 0 Å². The summed E-state index contributed by atoms with van der Waals surface area (Å²) in [5, 5.41) is 3.46. The lowest BCUT2D eigenvalue weighted by Gasteiger charge is -2.11. The van der Waals surface area contributed by atoms with Crippen molar-refractivity contribution in [2.45, 2.75) is 13.5 Å². The van der Waals surface area contributed by atoms with Gasteiger partial charge in [0.2, 0.25) is 0 Å². The standard InChI is InChI=1S/C17H17N/c1-3-14(2)16-11-7-8-12-17(16)18-13-15-9-5-4-6-10-15/h4-12,18H,1,13H2,2H3. The molecule has 0 saturated heterocycles. The van der Waals surface area contributed by atoms with Crippen molar-refractivity contribution in [3.63, 3.8) is 0 Å². The van der Waals surface area contributed by atoms with Crippen molar-refractivity contribution >= 4 is 11.3 Å². The number of para-hydroxylation sites is 1. The summed E-state index contributed by atoms with van der Waals surface area (Å²) >= 11 is 0. The maximum absolute atomic E-state index is 3.71. The highest BCUT2D eigenvalue weighted by Gasteiger charge is 2.02. The molecule has 1 nitrogen and oxygen atoms in total. The number of hydrogen-bond acceptors (Lipinski definition) is 1. The highest BCUT2D eigenvalue weighted by Crippen LogP contribution is 2.22. The predicted molar refractivity (Wildman–Crippen MR) is 78.4 cm³/mol. The minimum atomic E-state index is 0.822. The van der Waals surface area contributed by atoms with Gasteiger partial charge in [-0.25, -0.2) is 0 Å². The SMILES string of the molecule is C=C=C(C)c1ccccc1NCc1ccccc1. The van der Waals surface area contributed by atoms with Gasteiger partial charge in [-0.2, -0.15) is 0 Å². The predicted octanol–water partition coefficient (Wildman–Crippen LogP) is 4.49. The van der Waals surface area contributed by atoms with Crippen LogP contribution in [0.25, 0.3) is 5.57 Å². The van der Waals surface area contributed by atoms with Crippen LogP contribution in [-0.2, 0) is 6.54 Å². The monoisotopic (exact) mass is 235 g/mol. The van der Waals surface area contributed by atoms with Gasteiger partial charge in [-0.05, 0) is 24.1 Å². The second kappa shape index (κ2) is 5.90. The van der Waals surface area contributed by atoms with Gasteiger partial charge in [-0.15, -0.1) is 5.73 Å². The number of anilines is 1. The lowest BCUT2D eigenvalue weighted by Crippen LogP contribution is -2.01. The van der Waals surface area contributed by atoms with Crippen LogP contribution >= 0.6 is 0 Å². The van der Waals surface area contributed by atoms with Crippen molar-refractivity contribution in [3.05, 3.63) is 78.0 Å². The molecule has 0 unspecified atom stereocenters. The lowest BCUT2D eigenvalue weighted by molar-refractivity contribution is 1.15. The fraction of sp³-hybridized carbons (Fsp3) is 0.118. The van der Waals surface area contributed by atoms with E-state index in [9.17, 15) is 0 Å². The number of allylic oxidation sites excluding steroid dienone is 1. The minimum Gasteiger partial charge on any atom is -0.380 e. The van der Waals surface area contributed by atoms with Crippen LogP contribution in [0.3, 0.4) is 0 Å². The van der Waals surface area contributed by atoms with Crippen molar-refractivity contribution in [3.8, 4) is 0 Å². The molecule has 0 aliphatic rings. The summed E-state index contributed by atoms with van der Waals surface area (Å²) in [5.41, 5.74) is 7.55. The summed E-state index contributed by atoms with van der Waals surface area (Å²) in [6.45, 7) is 6.55. The van der Waals surface area contributed by atoms with E-state index in [1.165, 1.54) is 5.56 Å². The maximum atomic E-state index is 3.71. The second-order valence-corrected chi connectivity index (χ2v) is 4.19. The molecule has 0 saturated carbocycles. The molecule has 0 aliphatic carbocycles. The van der Waals surface area contributed by atoms with Gasteiger partial charge >= 0.3 is 0 Å². The Kier molecular flexibility index (Phi) is 4.01. The van der Waals surface area contributed by atoms with Gasteiger partial charge in [0.05, 0.1) is 0 Å². The zero-order valence-electron chi connectivity index (χ0n) is 10.6. The molecule has 0 aliphatic heterocycles. The third-order valence-electron chi connectivity index (χ3n) is 2.92. The molecule has 0 atom stereocenters. The molecule has 0 radical (unpaired) electrons. The lowest BCUT2D eigenvalue weighted by atomic mass is 10.1. The van der Waals surface area contributed by atoms with Crippen LogP contribution < -0.4 is 5.32 Å². The van der Waals surface area contributed by atoms with Crippen LogP contribution in [0.15, 0.2) is 66.9 Å². The van der Waals surface area contributed by atoms with Crippen LogP contribution in [0.5, 0.6) is 0 Å². The summed E-state index contributed by atoms with van der Waals surface area (Å²) in [6.07, 6.45) is 0. The first kappa shape index (κ1) is 12.2. The van der Waals surface area contributed by atoms with Crippen LogP contribution in [-0.4, -0.2) is 0 Å². The van der Waals surface area contributed by atoms with Gasteiger partial charge in [0.15, 0.2) is 0 Å². The molecule has 0 spiro atoms. The molecule has 0 bridgehead atoms. The molecule has 2 rings (SSSR count). The number of benzene rings is 2. The zero-order valence-corrected chi connectivity index (χ0v) is 10.6. The first-order valence-electron chi connectivity index (χ1n) is 6.05. The normalized spacial score (nSPS) is 9.61. The topological polar surface area (TPSA) is 12.0 Å². The van der Waals surface area contributed by atoms with E-state index >= 15 is 0 Å². The second-order valence-electron chi connectivity index (χ2n) is 4.19. The van der Waals surface area contributed by atoms with E-state index in [0.717, 1.165) is 23.4 Å². The smallest absolute Gasteiger partial charge is 0.0425 e. The maximum Gasteiger partial charge on any atom is 0.0425 e. The first-order chi connectivity index (χ1) is 8.81. The van der Waals surface area contributed by atoms with Gasteiger partial charge < -0.3 is 5.32 Å². The molecule has 2 aromatic rings. The molecule has 18 heavy (non-hydrogen) atoms. The summed E-state index contributed by atoms with van der Waals surface area (Å²) in [7, 11) is 0. The van der Waals surface area contributed by atoms with Crippen molar-refractivity contribution in [1.82, 2.24) is 0 Å². The summed E-state index contributed by atoms with van der Waals surface area (Å²) in [4.78, 5) is 0. The average molecular weight is 235 g/mol. The third-order valence-corrected chi connectivity index (χ3v) is 2.92. The van der Waals surface area contributed by atoms with E-state index < -0.39 is 0 Å². The Morgan fingerprint density at radius 1 is 1.06 bits per heavy atom. The summed E-state index contributed by atoms with van der Waals surface area (Å²) in [6, 6.07) is 18.6. The Morgan fingerprint density at radius 2 is 1.72 bits per heavy atom. The molecule has 0 aromatic heterocycles. The first-order valence-corrected chi connectivity index (χ1v) is 6.05. The van der Waals surface area contributed by atoms with E-state index in [1.807, 2.05) is 25.1 Å². The molecular weight excluding hydrogens is 218 g/mol. The number of nitrogens with one attached hydrogen (secondary N) is 1. The van der Waals surface area contributed by atoms with E-state index in [4.69, 9.17) is 0 Å². The Morgan fingerprint density at radius 3 is 2.44 bits per heavy atom. The van der Waals surface area contributed by atoms with Gasteiger partial charge in [0.25, 0.3) is 0 Å². The highest BCUT2D eigenvalue weighted by atomic mass is 14.9. The number of hydrogen-bond donors (Lipinski definition) is 1. The number of rotatable bonds is 4. The third kappa shape index (κ3) is 2.91. The highest BCUT2D eigenvalue weighted by molar-refractivity contribution is 5.74. The quantitative estimate of drug-likeness (QED) is 0.770. The van der Waals surface area contributed by atoms with Crippen LogP contribution in [0.2, 0.25) is 0 Å². The molecule has 0 amide bonds. The fourth-order valence-electron chi connectivity index (χ4n) is 1.85. The van der Waals surface area contributed by atoms with E-state index in [0.29, 0.717) is 0 Å². The summed E-state index contributed by atoms with van der Waals surface area (Å²) in [5.74, 6) is 0. The van der Waals surface area contributed by atoms with Crippen LogP contribution in [0.1, 0.15) is 18.1 Å². The molecule has 1 N–H and O–H groups in total. The van der Waals surface area contributed by atoms with Gasteiger partial charge in [0, 0.05) is 17.8 Å². The van der Waals surface area contributed by atoms with Crippen LogP contribution in [0.4, 0.5) is 5.69 Å². The Hall–Kier alpha value is -2.24. The molecule has 0 fully saturated rings. The van der Waals surface area contributed by atoms with Gasteiger partial charge in [0.1, 0.15) is 0 Å². The molecule has 0 heterocycles. The zero-order chi connectivity index (χ0) is 12.8. The average Bonchev–Trinajstić information content (AvgIpc) is 2.45. The molecule has 2 aromatic carbocycles. The molecule has 1 heteroatoms. The van der Waals surface area contributed by atoms with Crippen LogP contribution in [0, 0.1) is 0 Å². The van der Waals surface area contributed by atoms with Crippen molar-refractivity contribution in [2.24, 2.45) is 0 Å². The van der Waals surface area contributed by atoms with E-state index in [-0.39, 0.29) is 0 Å². The Bertz CT molecular complexity index is 563. The Balaban J connectivity index is 2.17. The van der Waals surface area contributed by atoms with Crippen molar-refractivity contribution < 1.29 is 0 Å². The largest absolute Gasteiger partial charge is 0.380 e. The minimum absolute atomic E-state index is 0.822. The molecular formula is C17H17N. The summed E-state index contributed by atoms with van der Waals surface area (Å²) < 4.78 is 0. The van der Waals surface area contributed by atoms with Crippen molar-refractivity contribution in [2.75, 3.05) is 5.32 Å².